The van der Waals surface area contributed by atoms with Gasteiger partial charge in [-0.05, 0) is 184 Å². The molecule has 0 radical (unpaired) electrons. The van der Waals surface area contributed by atoms with Gasteiger partial charge in [0.2, 0.25) is 0 Å². The molecular weight excluding hydrogens is 1710 g/mol. The van der Waals surface area contributed by atoms with Gasteiger partial charge in [-0.2, -0.15) is 0 Å². The summed E-state index contributed by atoms with van der Waals surface area (Å²) in [4.78, 5) is 30.8. The van der Waals surface area contributed by atoms with Gasteiger partial charge in [0.25, 0.3) is 0 Å². The highest BCUT2D eigenvalue weighted by Gasteiger charge is 2.32. The van der Waals surface area contributed by atoms with Gasteiger partial charge >= 0.3 is 0 Å². The van der Waals surface area contributed by atoms with E-state index < -0.39 is 18.1 Å². The average Bonchev–Trinajstić information content (AvgIpc) is 1.55. The minimum atomic E-state index is -0.446. The summed E-state index contributed by atoms with van der Waals surface area (Å²) >= 11 is 0. The molecule has 0 saturated carbocycles. The molecule has 21 aromatic carbocycles. The number of hydrogen-bond acceptors (Lipinski definition) is 6. The summed E-state index contributed by atoms with van der Waals surface area (Å²) in [5, 5.41) is 15.0. The Bertz CT molecular complexity index is 9630. The summed E-state index contributed by atoms with van der Waals surface area (Å²) in [6, 6.07) is 160. The Morgan fingerprint density at radius 3 is 0.716 bits per heavy atom. The lowest BCUT2D eigenvalue weighted by Crippen LogP contribution is -2.01. The maximum absolute atomic E-state index is 8.78. The number of nitrogens with zero attached hydrogens (tertiary/aromatic N) is 9. The molecule has 0 atom stereocenters. The fourth-order valence-electron chi connectivity index (χ4n) is 22.3. The lowest BCUT2D eigenvalue weighted by molar-refractivity contribution is 1.14. The fourth-order valence-corrected chi connectivity index (χ4v) is 22.3. The van der Waals surface area contributed by atoms with Gasteiger partial charge in [0, 0.05) is 82.4 Å². The second-order valence-electron chi connectivity index (χ2n) is 36.1. The summed E-state index contributed by atoms with van der Waals surface area (Å²) in [7, 11) is 0. The van der Waals surface area contributed by atoms with Gasteiger partial charge in [-0.15, -0.1) is 0 Å². The molecule has 141 heavy (non-hydrogen) atoms. The van der Waals surface area contributed by atoms with Gasteiger partial charge in [-0.1, -0.05) is 406 Å². The van der Waals surface area contributed by atoms with Crippen LogP contribution in [0.5, 0.6) is 0 Å². The van der Waals surface area contributed by atoms with E-state index in [4.69, 9.17) is 36.8 Å². The third-order valence-corrected chi connectivity index (χ3v) is 28.4. The van der Waals surface area contributed by atoms with Crippen molar-refractivity contribution in [3.05, 3.63) is 491 Å². The molecule has 0 aliphatic heterocycles. The number of benzene rings is 21. The molecule has 0 unspecified atom stereocenters. The maximum Gasteiger partial charge on any atom is 0.162 e. The number of aromatic nitrogens is 9. The highest BCUT2D eigenvalue weighted by Crippen LogP contribution is 2.55. The van der Waals surface area contributed by atoms with Crippen LogP contribution >= 0.6 is 0 Å². The van der Waals surface area contributed by atoms with Crippen LogP contribution in [0.25, 0.3) is 283 Å². The maximum atomic E-state index is 8.78. The Hall–Kier alpha value is -19.0. The van der Waals surface area contributed by atoms with E-state index >= 15 is 0 Å². The van der Waals surface area contributed by atoms with Crippen molar-refractivity contribution in [2.45, 2.75) is 0 Å². The summed E-state index contributed by atoms with van der Waals surface area (Å²) < 4.78 is 49.7. The predicted octanol–water partition coefficient (Wildman–Crippen LogP) is 34.1. The van der Waals surface area contributed by atoms with Crippen molar-refractivity contribution in [3.8, 4) is 186 Å². The molecule has 0 spiro atoms. The second-order valence-corrected chi connectivity index (χ2v) is 36.1. The highest BCUT2D eigenvalue weighted by atomic mass is 15.0. The lowest BCUT2D eigenvalue weighted by atomic mass is 9.93. The van der Waals surface area contributed by atoms with E-state index in [1.807, 2.05) is 84.9 Å². The van der Waals surface area contributed by atoms with Gasteiger partial charge in [-0.25, -0.2) is 29.9 Å². The highest BCUT2D eigenvalue weighted by molar-refractivity contribution is 6.34. The number of fused-ring (bicyclic) bond motifs is 9. The van der Waals surface area contributed by atoms with E-state index in [9.17, 15) is 0 Å². The summed E-state index contributed by atoms with van der Waals surface area (Å²) in [5.41, 5.74) is 37.0. The summed E-state index contributed by atoms with van der Waals surface area (Å²) in [6.45, 7) is 0. The van der Waals surface area contributed by atoms with Crippen LogP contribution in [0.3, 0.4) is 0 Å². The Morgan fingerprint density at radius 1 is 0.149 bits per heavy atom. The Morgan fingerprint density at radius 2 is 0.383 bits per heavy atom. The Labute approximate surface area is 819 Å². The second kappa shape index (κ2) is 33.0. The SMILES string of the molecule is [2H]c1c([2H])c([2H])c(-c2cc(-c3ccccc3)nc(-c3ccccc3-n3c4cccc5c4c4c6c(cccc6ccc43)-c3ccccc3-5)n2)c([2H])c1[2H].c1ccc(-c2cc(-c3ccccc3)nc(-c3ccccc3-n3c4cccc5c4c4c6c(cccc6ccc43)-c3ccccc3-5)n2)cc1.c1ccc(-c2cc(-c3ccccc3-n3c4cccc5c4c4c6c(cccc6ccc43)-c3ccccc3-5)nc(-c3ccccc3)n2)cc1. The first kappa shape index (κ1) is 75.4. The number of para-hydroxylation sites is 3. The largest absolute Gasteiger partial charge is 0.309 e. The van der Waals surface area contributed by atoms with E-state index in [-0.39, 0.29) is 23.3 Å². The van der Waals surface area contributed by atoms with Gasteiger partial charge in [0.05, 0.1) is 91.2 Å². The Kier molecular flexibility index (Phi) is 17.6. The molecule has 6 heterocycles. The van der Waals surface area contributed by atoms with Crippen molar-refractivity contribution in [2.24, 2.45) is 0 Å². The standard InChI is InChI=1S/3C44H27N3/c1-3-13-28(14-4-1)36-27-37(46-44(45-36)30-15-5-2-6-16-30)35-20-9-10-23-38(35)47-39-24-12-22-34-32-19-8-7-18-31(32)33-21-11-17-29-25-26-40(47)43(41(29)33)42(34)39;2*1-3-13-28(14-4-1)36-27-37(29-15-5-2-6-16-29)46-44(45-36)35-20-9-10-23-38(35)47-39-24-12-22-34-32-19-8-7-18-31(32)33-21-11-17-30-25-26-40(47)43(41(30)33)42(34)39/h3*1-27H/i;1D,3D,4D,13D,14D;. The van der Waals surface area contributed by atoms with Gasteiger partial charge in [0.15, 0.2) is 17.5 Å². The van der Waals surface area contributed by atoms with Crippen molar-refractivity contribution in [1.29, 1.82) is 0 Å². The van der Waals surface area contributed by atoms with Crippen LogP contribution in [0, 0.1) is 0 Å². The van der Waals surface area contributed by atoms with Crippen molar-refractivity contribution >= 4 is 97.7 Å². The molecule has 3 aliphatic carbocycles. The first-order valence-electron chi connectivity index (χ1n) is 50.1. The van der Waals surface area contributed by atoms with Crippen LogP contribution in [0.2, 0.25) is 0 Å². The van der Waals surface area contributed by atoms with E-state index in [0.29, 0.717) is 23.2 Å². The molecule has 0 fully saturated rings. The molecule has 9 nitrogen and oxygen atoms in total. The van der Waals surface area contributed by atoms with Crippen LogP contribution in [0.1, 0.15) is 6.85 Å². The molecule has 654 valence electrons. The molecule has 0 amide bonds. The summed E-state index contributed by atoms with van der Waals surface area (Å²) in [5.74, 6) is 1.79. The summed E-state index contributed by atoms with van der Waals surface area (Å²) in [6.07, 6.45) is 0. The normalized spacial score (nSPS) is 12.3. The number of rotatable bonds is 12. The molecule has 6 aromatic heterocycles. The Balaban J connectivity index is 0.000000106. The first-order valence-corrected chi connectivity index (χ1v) is 47.6. The zero-order valence-corrected chi connectivity index (χ0v) is 75.9. The fraction of sp³-hybridized carbons (Fsp3) is 0. The molecule has 3 aliphatic rings. The van der Waals surface area contributed by atoms with Crippen molar-refractivity contribution < 1.29 is 6.85 Å². The van der Waals surface area contributed by atoms with Crippen LogP contribution in [-0.2, 0) is 0 Å². The van der Waals surface area contributed by atoms with E-state index in [1.165, 1.54) is 153 Å². The van der Waals surface area contributed by atoms with E-state index in [1.54, 1.807) is 6.07 Å². The molecule has 30 rings (SSSR count). The average molecular weight is 1800 g/mol. The topological polar surface area (TPSA) is 92.1 Å². The molecule has 0 bridgehead atoms. The quantitative estimate of drug-likeness (QED) is 0.121. The first-order chi connectivity index (χ1) is 72.1. The van der Waals surface area contributed by atoms with Crippen LogP contribution < -0.4 is 0 Å². The minimum absolute atomic E-state index is 0.0330. The van der Waals surface area contributed by atoms with Crippen LogP contribution in [0.15, 0.2) is 491 Å². The molecule has 9 heteroatoms. The third-order valence-electron chi connectivity index (χ3n) is 28.4. The molecule has 27 aromatic rings. The lowest BCUT2D eigenvalue weighted by Gasteiger charge is -2.16. The van der Waals surface area contributed by atoms with Crippen LogP contribution in [-0.4, -0.2) is 43.6 Å². The molecule has 0 saturated heterocycles. The van der Waals surface area contributed by atoms with E-state index in [2.05, 4.69) is 384 Å². The predicted molar refractivity (Wildman–Crippen MR) is 584 cm³/mol. The molecule has 0 N–H and O–H groups in total. The van der Waals surface area contributed by atoms with Gasteiger partial charge < -0.3 is 13.7 Å². The van der Waals surface area contributed by atoms with Gasteiger partial charge in [-0.3, -0.25) is 0 Å². The van der Waals surface area contributed by atoms with Crippen molar-refractivity contribution in [1.82, 2.24) is 43.6 Å². The van der Waals surface area contributed by atoms with Crippen molar-refractivity contribution in [2.75, 3.05) is 0 Å². The zero-order valence-electron chi connectivity index (χ0n) is 80.9. The van der Waals surface area contributed by atoms with Crippen molar-refractivity contribution in [3.63, 3.8) is 0 Å². The van der Waals surface area contributed by atoms with E-state index in [0.717, 1.165) is 95.4 Å². The zero-order chi connectivity index (χ0) is 97.0. The third kappa shape index (κ3) is 13.1. The van der Waals surface area contributed by atoms with Crippen LogP contribution in [0.4, 0.5) is 0 Å². The monoisotopic (exact) mass is 1800 g/mol. The molecular formula is C132H81N9. The number of hydrogen-bond donors (Lipinski definition) is 0. The minimum Gasteiger partial charge on any atom is -0.309 e. The smallest absolute Gasteiger partial charge is 0.162 e. The van der Waals surface area contributed by atoms with Gasteiger partial charge in [0.1, 0.15) is 0 Å².